The molecule has 0 N–H and O–H groups in total. The van der Waals surface area contributed by atoms with E-state index in [1.807, 2.05) is 12.2 Å². The Labute approximate surface area is 122 Å². The van der Waals surface area contributed by atoms with Crippen LogP contribution in [-0.2, 0) is 14.4 Å². The number of anilines is 1. The van der Waals surface area contributed by atoms with E-state index in [9.17, 15) is 14.4 Å². The van der Waals surface area contributed by atoms with Gasteiger partial charge in [0.2, 0.25) is 11.8 Å². The van der Waals surface area contributed by atoms with Crippen LogP contribution in [0.25, 0.3) is 0 Å². The highest BCUT2D eigenvalue weighted by Gasteiger charge is 2.47. The molecule has 5 nitrogen and oxygen atoms in total. The van der Waals surface area contributed by atoms with Gasteiger partial charge < -0.3 is 4.74 Å². The Morgan fingerprint density at radius 2 is 1.76 bits per heavy atom. The second-order valence-electron chi connectivity index (χ2n) is 5.26. The SMILES string of the molecule is CC(=O)Oc1cccc(N2C(=O)[C@@H]3CC=CC[C@H]3C2=O)c1. The number of allylic oxidation sites excluding steroid dienone is 2. The maximum Gasteiger partial charge on any atom is 0.308 e. The van der Waals surface area contributed by atoms with Gasteiger partial charge >= 0.3 is 5.97 Å². The maximum atomic E-state index is 12.4. The highest BCUT2D eigenvalue weighted by Crippen LogP contribution is 2.38. The fourth-order valence-electron chi connectivity index (χ4n) is 2.91. The Kier molecular flexibility index (Phi) is 3.33. The highest BCUT2D eigenvalue weighted by molar-refractivity contribution is 6.22. The van der Waals surface area contributed by atoms with Gasteiger partial charge in [0.05, 0.1) is 17.5 Å². The molecule has 21 heavy (non-hydrogen) atoms. The molecule has 1 saturated heterocycles. The number of amides is 2. The second-order valence-corrected chi connectivity index (χ2v) is 5.26. The Bertz CT molecular complexity index is 623. The lowest BCUT2D eigenvalue weighted by Gasteiger charge is -2.15. The number of carbonyl (C=O) groups is 3. The van der Waals surface area contributed by atoms with E-state index >= 15 is 0 Å². The van der Waals surface area contributed by atoms with Crippen LogP contribution < -0.4 is 9.64 Å². The van der Waals surface area contributed by atoms with Crippen molar-refractivity contribution in [2.75, 3.05) is 4.90 Å². The highest BCUT2D eigenvalue weighted by atomic mass is 16.5. The van der Waals surface area contributed by atoms with Crippen LogP contribution >= 0.6 is 0 Å². The molecule has 1 aliphatic carbocycles. The van der Waals surface area contributed by atoms with E-state index in [2.05, 4.69) is 0 Å². The molecule has 5 heteroatoms. The minimum Gasteiger partial charge on any atom is -0.427 e. The second kappa shape index (κ2) is 5.16. The number of rotatable bonds is 2. The third-order valence-electron chi connectivity index (χ3n) is 3.84. The van der Waals surface area contributed by atoms with Crippen LogP contribution in [0.4, 0.5) is 5.69 Å². The summed E-state index contributed by atoms with van der Waals surface area (Å²) in [4.78, 5) is 37.1. The lowest BCUT2D eigenvalue weighted by Crippen LogP contribution is -2.30. The summed E-state index contributed by atoms with van der Waals surface area (Å²) in [5.74, 6) is -0.985. The lowest BCUT2D eigenvalue weighted by molar-refractivity contribution is -0.132. The van der Waals surface area contributed by atoms with Crippen molar-refractivity contribution >= 4 is 23.5 Å². The molecular weight excluding hydrogens is 270 g/mol. The molecule has 2 aliphatic rings. The Morgan fingerprint density at radius 3 is 2.33 bits per heavy atom. The van der Waals surface area contributed by atoms with Gasteiger partial charge in [0.15, 0.2) is 0 Å². The van der Waals surface area contributed by atoms with Crippen molar-refractivity contribution in [2.24, 2.45) is 11.8 Å². The van der Waals surface area contributed by atoms with Crippen molar-refractivity contribution in [1.82, 2.24) is 0 Å². The van der Waals surface area contributed by atoms with Crippen LogP contribution in [0.3, 0.4) is 0 Å². The summed E-state index contributed by atoms with van der Waals surface area (Å²) in [7, 11) is 0. The Morgan fingerprint density at radius 1 is 1.14 bits per heavy atom. The van der Waals surface area contributed by atoms with Gasteiger partial charge in [-0.2, -0.15) is 0 Å². The molecule has 1 aromatic rings. The molecule has 2 amide bonds. The van der Waals surface area contributed by atoms with Gasteiger partial charge in [0, 0.05) is 13.0 Å². The quantitative estimate of drug-likeness (QED) is 0.361. The van der Waals surface area contributed by atoms with Crippen molar-refractivity contribution in [3.63, 3.8) is 0 Å². The van der Waals surface area contributed by atoms with E-state index in [-0.39, 0.29) is 23.7 Å². The van der Waals surface area contributed by atoms with Crippen LogP contribution in [0.2, 0.25) is 0 Å². The van der Waals surface area contributed by atoms with Gasteiger partial charge in [-0.25, -0.2) is 4.90 Å². The minimum absolute atomic E-state index is 0.172. The van der Waals surface area contributed by atoms with E-state index in [1.54, 1.807) is 24.3 Å². The predicted molar refractivity (Wildman–Crippen MR) is 75.6 cm³/mol. The first kappa shape index (κ1) is 13.5. The van der Waals surface area contributed by atoms with Gasteiger partial charge in [0.25, 0.3) is 0 Å². The number of carbonyl (C=O) groups excluding carboxylic acids is 3. The average molecular weight is 285 g/mol. The summed E-state index contributed by atoms with van der Waals surface area (Å²) >= 11 is 0. The van der Waals surface area contributed by atoms with Crippen molar-refractivity contribution < 1.29 is 19.1 Å². The number of fused-ring (bicyclic) bond motifs is 1. The summed E-state index contributed by atoms with van der Waals surface area (Å²) in [6, 6.07) is 6.49. The Hall–Kier alpha value is -2.43. The van der Waals surface area contributed by atoms with Crippen LogP contribution in [0.1, 0.15) is 19.8 Å². The van der Waals surface area contributed by atoms with E-state index in [0.29, 0.717) is 24.3 Å². The fraction of sp³-hybridized carbons (Fsp3) is 0.312. The zero-order valence-electron chi connectivity index (χ0n) is 11.6. The molecule has 0 aromatic heterocycles. The number of hydrogen-bond acceptors (Lipinski definition) is 4. The summed E-state index contributed by atoms with van der Waals surface area (Å²) in [5, 5.41) is 0. The predicted octanol–water partition coefficient (Wildman–Crippen LogP) is 2.07. The number of esters is 1. The zero-order valence-corrected chi connectivity index (χ0v) is 11.6. The van der Waals surface area contributed by atoms with Gasteiger partial charge in [-0.05, 0) is 25.0 Å². The van der Waals surface area contributed by atoms with Gasteiger partial charge in [-0.15, -0.1) is 0 Å². The maximum absolute atomic E-state index is 12.4. The molecule has 0 radical (unpaired) electrons. The number of hydrogen-bond donors (Lipinski definition) is 0. The molecule has 0 saturated carbocycles. The fourth-order valence-corrected chi connectivity index (χ4v) is 2.91. The average Bonchev–Trinajstić information content (AvgIpc) is 2.71. The molecule has 2 atom stereocenters. The first-order valence-corrected chi connectivity index (χ1v) is 6.89. The van der Waals surface area contributed by atoms with Crippen LogP contribution in [0.15, 0.2) is 36.4 Å². The van der Waals surface area contributed by atoms with Crippen molar-refractivity contribution in [3.8, 4) is 5.75 Å². The zero-order chi connectivity index (χ0) is 15.0. The molecule has 0 unspecified atom stereocenters. The normalized spacial score (nSPS) is 24.1. The van der Waals surface area contributed by atoms with Crippen LogP contribution in [-0.4, -0.2) is 17.8 Å². The van der Waals surface area contributed by atoms with E-state index in [4.69, 9.17) is 4.74 Å². The van der Waals surface area contributed by atoms with E-state index < -0.39 is 5.97 Å². The van der Waals surface area contributed by atoms with Crippen LogP contribution in [0.5, 0.6) is 5.75 Å². The molecule has 0 spiro atoms. The number of nitrogens with zero attached hydrogens (tertiary/aromatic N) is 1. The van der Waals surface area contributed by atoms with E-state index in [0.717, 1.165) is 0 Å². The number of ether oxygens (including phenoxy) is 1. The summed E-state index contributed by atoms with van der Waals surface area (Å²) < 4.78 is 5.00. The molecule has 1 fully saturated rings. The topological polar surface area (TPSA) is 63.7 Å². The number of imide groups is 1. The summed E-state index contributed by atoms with van der Waals surface area (Å²) in [5.41, 5.74) is 0.457. The van der Waals surface area contributed by atoms with Crippen LogP contribution in [0, 0.1) is 11.8 Å². The molecule has 1 aromatic carbocycles. The van der Waals surface area contributed by atoms with Gasteiger partial charge in [-0.3, -0.25) is 14.4 Å². The van der Waals surface area contributed by atoms with Gasteiger partial charge in [-0.1, -0.05) is 18.2 Å². The first-order chi connectivity index (χ1) is 10.1. The van der Waals surface area contributed by atoms with Crippen molar-refractivity contribution in [3.05, 3.63) is 36.4 Å². The van der Waals surface area contributed by atoms with E-state index in [1.165, 1.54) is 11.8 Å². The number of benzene rings is 1. The summed E-state index contributed by atoms with van der Waals surface area (Å²) in [6.07, 6.45) is 5.11. The molecule has 3 rings (SSSR count). The monoisotopic (exact) mass is 285 g/mol. The molecule has 0 bridgehead atoms. The minimum atomic E-state index is -0.441. The molecular formula is C16H15NO4. The first-order valence-electron chi connectivity index (χ1n) is 6.89. The molecule has 1 heterocycles. The summed E-state index contributed by atoms with van der Waals surface area (Å²) in [6.45, 7) is 1.30. The van der Waals surface area contributed by atoms with Crippen molar-refractivity contribution in [1.29, 1.82) is 0 Å². The Balaban J connectivity index is 1.92. The van der Waals surface area contributed by atoms with Crippen molar-refractivity contribution in [2.45, 2.75) is 19.8 Å². The standard InChI is InChI=1S/C16H15NO4/c1-10(18)21-12-6-4-5-11(9-12)17-15(19)13-7-2-3-8-14(13)16(17)20/h2-6,9,13-14H,7-8H2,1H3/t13-,14-/m1/s1. The third kappa shape index (κ3) is 2.35. The molecule has 108 valence electrons. The smallest absolute Gasteiger partial charge is 0.308 e. The van der Waals surface area contributed by atoms with Gasteiger partial charge in [0.1, 0.15) is 5.75 Å². The lowest BCUT2D eigenvalue weighted by atomic mass is 9.85. The largest absolute Gasteiger partial charge is 0.427 e. The molecule has 1 aliphatic heterocycles. The third-order valence-corrected chi connectivity index (χ3v) is 3.84.